The normalized spacial score (nSPS) is 12.6. The third-order valence-corrected chi connectivity index (χ3v) is 3.83. The lowest BCUT2D eigenvalue weighted by atomic mass is 10.2. The minimum absolute atomic E-state index is 0.0221. The Hall–Kier alpha value is -2.37. The molecule has 0 radical (unpaired) electrons. The van der Waals surface area contributed by atoms with Crippen LogP contribution in [0.5, 0.6) is 0 Å². The van der Waals surface area contributed by atoms with Crippen LogP contribution in [0.25, 0.3) is 5.69 Å². The number of furan rings is 1. The Bertz CT molecular complexity index is 735. The number of benzene rings is 1. The number of nitrogens with one attached hydrogen (secondary N) is 1. The number of ether oxygens (including phenoxy) is 1. The van der Waals surface area contributed by atoms with Crippen LogP contribution in [0, 0.1) is 5.92 Å². The summed E-state index contributed by atoms with van der Waals surface area (Å²) in [6.07, 6.45) is 5.62. The molecule has 0 amide bonds. The van der Waals surface area contributed by atoms with Gasteiger partial charge in [0.05, 0.1) is 30.8 Å². The van der Waals surface area contributed by atoms with E-state index in [0.29, 0.717) is 19.1 Å². The highest BCUT2D eigenvalue weighted by molar-refractivity contribution is 5.30. The van der Waals surface area contributed by atoms with Crippen molar-refractivity contribution in [3.05, 3.63) is 72.4 Å². The first kappa shape index (κ1) is 17.5. The van der Waals surface area contributed by atoms with Gasteiger partial charge >= 0.3 is 0 Å². The zero-order valence-electron chi connectivity index (χ0n) is 14.8. The molecule has 0 aliphatic rings. The molecule has 1 atom stereocenters. The molecule has 1 N–H and O–H groups in total. The summed E-state index contributed by atoms with van der Waals surface area (Å²) in [7, 11) is 0. The standard InChI is InChI=1S/C20H25N3O2/c1-16(2)14-24-15-19(20-9-6-10-25-20)21-11-17-12-22-23(13-17)18-7-4-3-5-8-18/h3-10,12-13,16,19,21H,11,14-15H2,1-2H3. The fourth-order valence-electron chi connectivity index (χ4n) is 2.57. The molecule has 3 aromatic rings. The minimum Gasteiger partial charge on any atom is -0.468 e. The summed E-state index contributed by atoms with van der Waals surface area (Å²) >= 11 is 0. The van der Waals surface area contributed by atoms with E-state index in [9.17, 15) is 0 Å². The van der Waals surface area contributed by atoms with Crippen LogP contribution in [0.1, 0.15) is 31.2 Å². The molecule has 5 nitrogen and oxygen atoms in total. The van der Waals surface area contributed by atoms with Crippen LogP contribution in [-0.2, 0) is 11.3 Å². The van der Waals surface area contributed by atoms with Gasteiger partial charge in [-0.05, 0) is 30.2 Å². The second-order valence-electron chi connectivity index (χ2n) is 6.51. The van der Waals surface area contributed by atoms with Gasteiger partial charge in [-0.3, -0.25) is 0 Å². The van der Waals surface area contributed by atoms with Gasteiger partial charge in [0.2, 0.25) is 0 Å². The molecule has 132 valence electrons. The quantitative estimate of drug-likeness (QED) is 0.641. The Balaban J connectivity index is 1.60. The number of para-hydroxylation sites is 1. The van der Waals surface area contributed by atoms with Gasteiger partial charge in [0.25, 0.3) is 0 Å². The van der Waals surface area contributed by atoms with Gasteiger partial charge in [0, 0.05) is 24.9 Å². The van der Waals surface area contributed by atoms with Crippen molar-refractivity contribution in [2.24, 2.45) is 5.92 Å². The molecule has 0 saturated heterocycles. The van der Waals surface area contributed by atoms with Crippen molar-refractivity contribution in [1.29, 1.82) is 0 Å². The Morgan fingerprint density at radius 3 is 2.68 bits per heavy atom. The van der Waals surface area contributed by atoms with E-state index < -0.39 is 0 Å². The highest BCUT2D eigenvalue weighted by Gasteiger charge is 2.15. The smallest absolute Gasteiger partial charge is 0.123 e. The molecule has 0 aliphatic carbocycles. The Morgan fingerprint density at radius 1 is 1.12 bits per heavy atom. The molecule has 2 aromatic heterocycles. The van der Waals surface area contributed by atoms with Crippen LogP contribution in [-0.4, -0.2) is 23.0 Å². The molecule has 2 heterocycles. The van der Waals surface area contributed by atoms with E-state index in [2.05, 4.69) is 24.3 Å². The van der Waals surface area contributed by atoms with Crippen molar-refractivity contribution in [3.8, 4) is 5.69 Å². The largest absolute Gasteiger partial charge is 0.468 e. The van der Waals surface area contributed by atoms with Crippen LogP contribution in [0.3, 0.4) is 0 Å². The Labute approximate surface area is 148 Å². The topological polar surface area (TPSA) is 52.2 Å². The highest BCUT2D eigenvalue weighted by Crippen LogP contribution is 2.16. The zero-order valence-corrected chi connectivity index (χ0v) is 14.8. The average molecular weight is 339 g/mol. The predicted octanol–water partition coefficient (Wildman–Crippen LogP) is 3.97. The van der Waals surface area contributed by atoms with Gasteiger partial charge in [-0.2, -0.15) is 5.10 Å². The van der Waals surface area contributed by atoms with Crippen molar-refractivity contribution in [2.45, 2.75) is 26.4 Å². The summed E-state index contributed by atoms with van der Waals surface area (Å²) in [5.41, 5.74) is 2.17. The first-order chi connectivity index (χ1) is 12.2. The number of nitrogens with zero attached hydrogens (tertiary/aromatic N) is 2. The lowest BCUT2D eigenvalue weighted by Crippen LogP contribution is -2.25. The molecule has 5 heteroatoms. The first-order valence-electron chi connectivity index (χ1n) is 8.66. The molecule has 0 fully saturated rings. The molecule has 1 unspecified atom stereocenters. The highest BCUT2D eigenvalue weighted by atomic mass is 16.5. The maximum atomic E-state index is 5.80. The molecule has 0 aliphatic heterocycles. The first-order valence-corrected chi connectivity index (χ1v) is 8.66. The number of hydrogen-bond donors (Lipinski definition) is 1. The van der Waals surface area contributed by atoms with Gasteiger partial charge < -0.3 is 14.5 Å². The van der Waals surface area contributed by atoms with Gasteiger partial charge in [0.15, 0.2) is 0 Å². The molecule has 3 rings (SSSR count). The van der Waals surface area contributed by atoms with Crippen LogP contribution >= 0.6 is 0 Å². The monoisotopic (exact) mass is 339 g/mol. The van der Waals surface area contributed by atoms with Gasteiger partial charge in [-0.15, -0.1) is 0 Å². The molecule has 0 saturated carbocycles. The number of hydrogen-bond acceptors (Lipinski definition) is 4. The van der Waals surface area contributed by atoms with E-state index in [1.54, 1.807) is 6.26 Å². The second-order valence-corrected chi connectivity index (χ2v) is 6.51. The SMILES string of the molecule is CC(C)COCC(NCc1cnn(-c2ccccc2)c1)c1ccco1. The van der Waals surface area contributed by atoms with E-state index >= 15 is 0 Å². The van der Waals surface area contributed by atoms with E-state index in [-0.39, 0.29) is 6.04 Å². The summed E-state index contributed by atoms with van der Waals surface area (Å²) in [6, 6.07) is 14.0. The van der Waals surface area contributed by atoms with Crippen LogP contribution in [0.15, 0.2) is 65.5 Å². The van der Waals surface area contributed by atoms with Gasteiger partial charge in [-0.25, -0.2) is 4.68 Å². The molecule has 1 aromatic carbocycles. The average Bonchev–Trinajstić information content (AvgIpc) is 3.30. The fourth-order valence-corrected chi connectivity index (χ4v) is 2.57. The van der Waals surface area contributed by atoms with Crippen LogP contribution in [0.2, 0.25) is 0 Å². The Kier molecular flexibility index (Phi) is 6.04. The lowest BCUT2D eigenvalue weighted by Gasteiger charge is -2.17. The summed E-state index contributed by atoms with van der Waals surface area (Å²) < 4.78 is 13.2. The van der Waals surface area contributed by atoms with Crippen LogP contribution < -0.4 is 5.32 Å². The van der Waals surface area contributed by atoms with E-state index in [4.69, 9.17) is 9.15 Å². The van der Waals surface area contributed by atoms with Crippen molar-refractivity contribution in [3.63, 3.8) is 0 Å². The van der Waals surface area contributed by atoms with Gasteiger partial charge in [-0.1, -0.05) is 32.0 Å². The minimum atomic E-state index is 0.0221. The van der Waals surface area contributed by atoms with E-state index in [0.717, 1.165) is 23.6 Å². The molecular weight excluding hydrogens is 314 g/mol. The third kappa shape index (κ3) is 5.05. The fraction of sp³-hybridized carbons (Fsp3) is 0.350. The van der Waals surface area contributed by atoms with Crippen LogP contribution in [0.4, 0.5) is 0 Å². The third-order valence-electron chi connectivity index (χ3n) is 3.83. The van der Waals surface area contributed by atoms with E-state index in [1.807, 2.05) is 59.5 Å². The number of rotatable bonds is 9. The van der Waals surface area contributed by atoms with Crippen molar-refractivity contribution in [2.75, 3.05) is 13.2 Å². The predicted molar refractivity (Wildman–Crippen MR) is 97.5 cm³/mol. The molecule has 25 heavy (non-hydrogen) atoms. The van der Waals surface area contributed by atoms with Gasteiger partial charge in [0.1, 0.15) is 5.76 Å². The zero-order chi connectivity index (χ0) is 17.5. The molecule has 0 spiro atoms. The van der Waals surface area contributed by atoms with Crippen molar-refractivity contribution in [1.82, 2.24) is 15.1 Å². The Morgan fingerprint density at radius 2 is 1.96 bits per heavy atom. The van der Waals surface area contributed by atoms with Crippen molar-refractivity contribution < 1.29 is 9.15 Å². The summed E-state index contributed by atoms with van der Waals surface area (Å²) in [4.78, 5) is 0. The lowest BCUT2D eigenvalue weighted by molar-refractivity contribution is 0.0844. The maximum absolute atomic E-state index is 5.80. The summed E-state index contributed by atoms with van der Waals surface area (Å²) in [6.45, 7) is 6.31. The number of aromatic nitrogens is 2. The van der Waals surface area contributed by atoms with Crippen molar-refractivity contribution >= 4 is 0 Å². The molecule has 0 bridgehead atoms. The molecular formula is C20H25N3O2. The maximum Gasteiger partial charge on any atom is 0.123 e. The summed E-state index contributed by atoms with van der Waals surface area (Å²) in [5.74, 6) is 1.40. The summed E-state index contributed by atoms with van der Waals surface area (Å²) in [5, 5.41) is 7.94. The van der Waals surface area contributed by atoms with E-state index in [1.165, 1.54) is 0 Å². The second kappa shape index (κ2) is 8.65.